The summed E-state index contributed by atoms with van der Waals surface area (Å²) in [4.78, 5) is 8.96. The van der Waals surface area contributed by atoms with Crippen molar-refractivity contribution < 1.29 is 0 Å². The van der Waals surface area contributed by atoms with Crippen LogP contribution < -0.4 is 17.2 Å². The largest absolute Gasteiger partial charge is 0.330 e. The first-order valence-corrected chi connectivity index (χ1v) is 9.25. The van der Waals surface area contributed by atoms with Crippen molar-refractivity contribution in [2.24, 2.45) is 22.2 Å². The molecule has 6 heteroatoms. The van der Waals surface area contributed by atoms with Crippen LogP contribution >= 0.6 is 0 Å². The van der Waals surface area contributed by atoms with Gasteiger partial charge in [-0.15, -0.1) is 0 Å². The predicted octanol–water partition coefficient (Wildman–Crippen LogP) is 0.508. The van der Waals surface area contributed by atoms with Crippen molar-refractivity contribution >= 4 is 6.72 Å². The Morgan fingerprint density at radius 1 is 0.565 bits per heavy atom. The Bertz CT molecular complexity index is 241. The normalized spacial score (nSPS) is 11.5. The Morgan fingerprint density at radius 2 is 0.913 bits per heavy atom. The maximum atomic E-state index is 5.64. The van der Waals surface area contributed by atoms with Crippen LogP contribution in [0.2, 0.25) is 0 Å². The topological polar surface area (TPSA) is 96.9 Å². The van der Waals surface area contributed by atoms with E-state index in [1.165, 1.54) is 12.8 Å². The fourth-order valence-corrected chi connectivity index (χ4v) is 2.69. The first-order chi connectivity index (χ1) is 11.3. The molecule has 23 heavy (non-hydrogen) atoms. The number of hydrogen-bond donors (Lipinski definition) is 3. The van der Waals surface area contributed by atoms with Gasteiger partial charge >= 0.3 is 0 Å². The zero-order valence-electron chi connectivity index (χ0n) is 15.1. The zero-order chi connectivity index (χ0) is 17.2. The minimum atomic E-state index is 0.766. The summed E-state index contributed by atoms with van der Waals surface area (Å²) >= 11 is 0. The van der Waals surface area contributed by atoms with E-state index in [9.17, 15) is 0 Å². The molecule has 0 heterocycles. The van der Waals surface area contributed by atoms with Crippen molar-refractivity contribution in [2.75, 3.05) is 65.4 Å². The van der Waals surface area contributed by atoms with Gasteiger partial charge in [-0.05, 0) is 104 Å². The van der Waals surface area contributed by atoms with Crippen LogP contribution in [-0.2, 0) is 0 Å². The van der Waals surface area contributed by atoms with Gasteiger partial charge in [-0.3, -0.25) is 0 Å². The Labute approximate surface area is 143 Å². The summed E-state index contributed by atoms with van der Waals surface area (Å²) < 4.78 is 0. The third-order valence-electron chi connectivity index (χ3n) is 4.02. The summed E-state index contributed by atoms with van der Waals surface area (Å²) in [5, 5.41) is 0. The molecule has 0 spiro atoms. The molecule has 0 amide bonds. The summed E-state index contributed by atoms with van der Waals surface area (Å²) in [5.41, 5.74) is 16.9. The van der Waals surface area contributed by atoms with Gasteiger partial charge in [0.15, 0.2) is 0 Å². The molecule has 0 fully saturated rings. The molecule has 0 unspecified atom stereocenters. The second-order valence-electron chi connectivity index (χ2n) is 6.12. The van der Waals surface area contributed by atoms with Gasteiger partial charge in [-0.2, -0.15) is 0 Å². The van der Waals surface area contributed by atoms with Crippen LogP contribution in [0.1, 0.15) is 38.5 Å². The number of unbranched alkanes of at least 4 members (excludes halogenated alkanes) is 1. The Balaban J connectivity index is 3.93. The van der Waals surface area contributed by atoms with E-state index in [2.05, 4.69) is 21.5 Å². The van der Waals surface area contributed by atoms with E-state index >= 15 is 0 Å². The summed E-state index contributed by atoms with van der Waals surface area (Å²) in [6.45, 7) is 13.4. The summed E-state index contributed by atoms with van der Waals surface area (Å²) in [5.74, 6) is 0. The average molecular weight is 329 g/mol. The van der Waals surface area contributed by atoms with Crippen molar-refractivity contribution in [3.8, 4) is 0 Å². The molecule has 0 aromatic carbocycles. The van der Waals surface area contributed by atoms with Crippen molar-refractivity contribution in [3.63, 3.8) is 0 Å². The number of aliphatic imine (C=N–C) groups is 1. The van der Waals surface area contributed by atoms with Crippen LogP contribution in [0.5, 0.6) is 0 Å². The van der Waals surface area contributed by atoms with Crippen LogP contribution in [-0.4, -0.2) is 82.0 Å². The molecular weight excluding hydrogens is 288 g/mol. The van der Waals surface area contributed by atoms with Gasteiger partial charge in [-0.25, -0.2) is 0 Å². The summed E-state index contributed by atoms with van der Waals surface area (Å²) in [6.07, 6.45) is 6.76. The highest BCUT2D eigenvalue weighted by atomic mass is 15.1. The molecule has 138 valence electrons. The van der Waals surface area contributed by atoms with Crippen LogP contribution in [0, 0.1) is 0 Å². The quantitative estimate of drug-likeness (QED) is 0.252. The molecule has 6 N–H and O–H groups in total. The van der Waals surface area contributed by atoms with Crippen LogP contribution in [0.25, 0.3) is 0 Å². The summed E-state index contributed by atoms with van der Waals surface area (Å²) in [6, 6.07) is 0. The van der Waals surface area contributed by atoms with Gasteiger partial charge in [0, 0.05) is 6.54 Å². The summed E-state index contributed by atoms with van der Waals surface area (Å²) in [7, 11) is 0. The maximum absolute atomic E-state index is 5.64. The van der Waals surface area contributed by atoms with E-state index in [1.807, 2.05) is 0 Å². The van der Waals surface area contributed by atoms with E-state index in [-0.39, 0.29) is 0 Å². The van der Waals surface area contributed by atoms with Gasteiger partial charge in [-0.1, -0.05) is 0 Å². The predicted molar refractivity (Wildman–Crippen MR) is 102 cm³/mol. The van der Waals surface area contributed by atoms with Gasteiger partial charge in [0.1, 0.15) is 0 Å². The van der Waals surface area contributed by atoms with E-state index in [1.54, 1.807) is 0 Å². The lowest BCUT2D eigenvalue weighted by Gasteiger charge is -2.24. The number of nitrogens with zero attached hydrogens (tertiary/aromatic N) is 3. The highest BCUT2D eigenvalue weighted by molar-refractivity contribution is 5.22. The van der Waals surface area contributed by atoms with Gasteiger partial charge in [0.2, 0.25) is 0 Å². The van der Waals surface area contributed by atoms with E-state index in [0.717, 1.165) is 91.1 Å². The van der Waals surface area contributed by atoms with E-state index in [0.29, 0.717) is 0 Å². The molecule has 0 rings (SSSR count). The third-order valence-corrected chi connectivity index (χ3v) is 4.02. The lowest BCUT2D eigenvalue weighted by Crippen LogP contribution is -2.32. The highest BCUT2D eigenvalue weighted by Crippen LogP contribution is 2.02. The van der Waals surface area contributed by atoms with Crippen molar-refractivity contribution in [1.82, 2.24) is 9.80 Å². The molecule has 0 atom stereocenters. The molecule has 0 saturated heterocycles. The number of hydrogen-bond acceptors (Lipinski definition) is 6. The van der Waals surface area contributed by atoms with Crippen LogP contribution in [0.4, 0.5) is 0 Å². The fraction of sp³-hybridized carbons (Fsp3) is 0.941. The smallest absolute Gasteiger partial charge is 0.0394 e. The van der Waals surface area contributed by atoms with Crippen molar-refractivity contribution in [1.29, 1.82) is 0 Å². The molecule has 0 radical (unpaired) electrons. The minimum absolute atomic E-state index is 0.766. The first-order valence-electron chi connectivity index (χ1n) is 9.25. The molecule has 0 saturated carbocycles. The Hall–Kier alpha value is -0.530. The molecule has 0 bridgehead atoms. The zero-order valence-corrected chi connectivity index (χ0v) is 15.1. The second kappa shape index (κ2) is 17.8. The molecule has 0 aliphatic carbocycles. The standard InChI is InChI=1S/C17H40N6/c1-21-11-7-17-23(16-6-10-20)13-3-2-12-22(14-4-8-18)15-5-9-19/h1-20H2. The third kappa shape index (κ3) is 14.8. The second-order valence-corrected chi connectivity index (χ2v) is 6.12. The number of rotatable bonds is 18. The monoisotopic (exact) mass is 328 g/mol. The van der Waals surface area contributed by atoms with Crippen molar-refractivity contribution in [2.45, 2.75) is 38.5 Å². The van der Waals surface area contributed by atoms with Crippen LogP contribution in [0.15, 0.2) is 4.99 Å². The first kappa shape index (κ1) is 22.5. The SMILES string of the molecule is C=NCCCN(CCCN)CCCCN(CCCN)CCCN. The molecule has 6 nitrogen and oxygen atoms in total. The van der Waals surface area contributed by atoms with Gasteiger partial charge < -0.3 is 32.0 Å². The minimum Gasteiger partial charge on any atom is -0.330 e. The van der Waals surface area contributed by atoms with E-state index in [4.69, 9.17) is 17.2 Å². The lowest BCUT2D eigenvalue weighted by molar-refractivity contribution is 0.237. The highest BCUT2D eigenvalue weighted by Gasteiger charge is 2.06. The van der Waals surface area contributed by atoms with E-state index < -0.39 is 0 Å². The number of nitrogens with two attached hydrogens (primary N) is 3. The average Bonchev–Trinajstić information content (AvgIpc) is 2.57. The molecule has 0 aromatic heterocycles. The lowest BCUT2D eigenvalue weighted by atomic mass is 10.2. The van der Waals surface area contributed by atoms with Gasteiger partial charge in [0.25, 0.3) is 0 Å². The molecular formula is C17H40N6. The Kier molecular flexibility index (Phi) is 17.4. The molecule has 0 aromatic rings. The van der Waals surface area contributed by atoms with Gasteiger partial charge in [0.05, 0.1) is 0 Å². The maximum Gasteiger partial charge on any atom is 0.0394 e. The molecule has 0 aliphatic rings. The fourth-order valence-electron chi connectivity index (χ4n) is 2.69. The van der Waals surface area contributed by atoms with Crippen LogP contribution in [0.3, 0.4) is 0 Å². The molecule has 0 aliphatic heterocycles. The Morgan fingerprint density at radius 3 is 1.26 bits per heavy atom. The van der Waals surface area contributed by atoms with Crippen molar-refractivity contribution in [3.05, 3.63) is 0 Å².